The highest BCUT2D eigenvalue weighted by Gasteiger charge is 2.13. The maximum atomic E-state index is 12.1. The third kappa shape index (κ3) is 6.74. The number of ketones is 1. The number of carbonyl (C=O) groups excluding carboxylic acids is 3. The average Bonchev–Trinajstić information content (AvgIpc) is 2.53. The van der Waals surface area contributed by atoms with Crippen LogP contribution >= 0.6 is 0 Å². The van der Waals surface area contributed by atoms with Crippen molar-refractivity contribution in [2.75, 3.05) is 13.2 Å². The van der Waals surface area contributed by atoms with Crippen LogP contribution in [0.5, 0.6) is 0 Å². The fraction of sp³-hybridized carbons (Fsp3) is 0.412. The molecule has 0 radical (unpaired) electrons. The molecular formula is C17H20N2O4. The van der Waals surface area contributed by atoms with E-state index >= 15 is 0 Å². The lowest BCUT2D eigenvalue weighted by molar-refractivity contribution is -0.148. The molecule has 1 aromatic rings. The number of benzene rings is 1. The number of amides is 1. The lowest BCUT2D eigenvalue weighted by Crippen LogP contribution is -2.29. The van der Waals surface area contributed by atoms with E-state index in [1.807, 2.05) is 32.0 Å². The van der Waals surface area contributed by atoms with Gasteiger partial charge in [0.2, 0.25) is 0 Å². The fourth-order valence-corrected chi connectivity index (χ4v) is 1.91. The minimum Gasteiger partial charge on any atom is -0.456 e. The van der Waals surface area contributed by atoms with Gasteiger partial charge < -0.3 is 10.1 Å². The molecule has 0 saturated heterocycles. The monoisotopic (exact) mass is 316 g/mol. The number of esters is 1. The average molecular weight is 316 g/mol. The SMILES string of the molecule is Cc1ccc(C)c(C(=O)CCC(=O)OCC(=O)NCCC#N)c1. The molecule has 0 unspecified atom stereocenters. The van der Waals surface area contributed by atoms with Gasteiger partial charge in [0.25, 0.3) is 5.91 Å². The molecule has 6 heteroatoms. The Kier molecular flexibility index (Phi) is 7.48. The zero-order chi connectivity index (χ0) is 17.2. The molecular weight excluding hydrogens is 296 g/mol. The highest BCUT2D eigenvalue weighted by molar-refractivity contribution is 5.99. The Morgan fingerprint density at radius 1 is 1.22 bits per heavy atom. The smallest absolute Gasteiger partial charge is 0.306 e. The van der Waals surface area contributed by atoms with E-state index in [1.54, 1.807) is 6.07 Å². The first-order valence-electron chi connectivity index (χ1n) is 7.33. The van der Waals surface area contributed by atoms with Crippen molar-refractivity contribution in [3.8, 4) is 6.07 Å². The van der Waals surface area contributed by atoms with Gasteiger partial charge in [0.15, 0.2) is 12.4 Å². The van der Waals surface area contributed by atoms with E-state index in [4.69, 9.17) is 10.00 Å². The van der Waals surface area contributed by atoms with Crippen molar-refractivity contribution < 1.29 is 19.1 Å². The molecule has 0 aliphatic rings. The summed E-state index contributed by atoms with van der Waals surface area (Å²) in [6.45, 7) is 3.56. The molecule has 0 bridgehead atoms. The Hall–Kier alpha value is -2.68. The lowest BCUT2D eigenvalue weighted by atomic mass is 9.99. The van der Waals surface area contributed by atoms with Gasteiger partial charge in [-0.25, -0.2) is 0 Å². The summed E-state index contributed by atoms with van der Waals surface area (Å²) >= 11 is 0. The first-order chi connectivity index (χ1) is 10.9. The van der Waals surface area contributed by atoms with Crippen molar-refractivity contribution >= 4 is 17.7 Å². The molecule has 23 heavy (non-hydrogen) atoms. The number of Topliss-reactive ketones (excluding diaryl/α,β-unsaturated/α-hetero) is 1. The van der Waals surface area contributed by atoms with Crippen LogP contribution in [0.15, 0.2) is 18.2 Å². The molecule has 1 N–H and O–H groups in total. The second-order valence-electron chi connectivity index (χ2n) is 5.16. The predicted molar refractivity (Wildman–Crippen MR) is 83.7 cm³/mol. The zero-order valence-corrected chi connectivity index (χ0v) is 13.3. The Bertz CT molecular complexity index is 632. The van der Waals surface area contributed by atoms with Crippen molar-refractivity contribution in [3.63, 3.8) is 0 Å². The summed E-state index contributed by atoms with van der Waals surface area (Å²) in [5, 5.41) is 10.8. The standard InChI is InChI=1S/C17H20N2O4/c1-12-4-5-13(2)14(10-12)15(20)6-7-17(22)23-11-16(21)19-9-3-8-18/h4-5,10H,3,6-7,9,11H2,1-2H3,(H,19,21). The number of rotatable bonds is 8. The van der Waals surface area contributed by atoms with Gasteiger partial charge in [-0.05, 0) is 25.5 Å². The highest BCUT2D eigenvalue weighted by atomic mass is 16.5. The molecule has 0 aliphatic carbocycles. The van der Waals surface area contributed by atoms with Crippen LogP contribution in [0.2, 0.25) is 0 Å². The van der Waals surface area contributed by atoms with Crippen LogP contribution in [-0.2, 0) is 14.3 Å². The van der Waals surface area contributed by atoms with Gasteiger partial charge in [-0.2, -0.15) is 5.26 Å². The molecule has 1 amide bonds. The summed E-state index contributed by atoms with van der Waals surface area (Å²) < 4.78 is 4.79. The number of nitriles is 1. The number of hydrogen-bond acceptors (Lipinski definition) is 5. The van der Waals surface area contributed by atoms with Crippen molar-refractivity contribution in [2.24, 2.45) is 0 Å². The Morgan fingerprint density at radius 2 is 1.96 bits per heavy atom. The highest BCUT2D eigenvalue weighted by Crippen LogP contribution is 2.14. The molecule has 0 fully saturated rings. The van der Waals surface area contributed by atoms with Crippen molar-refractivity contribution in [1.82, 2.24) is 5.32 Å². The molecule has 6 nitrogen and oxygen atoms in total. The predicted octanol–water partition coefficient (Wildman–Crippen LogP) is 1.84. The first-order valence-corrected chi connectivity index (χ1v) is 7.33. The van der Waals surface area contributed by atoms with Gasteiger partial charge in [0, 0.05) is 18.5 Å². The van der Waals surface area contributed by atoms with E-state index < -0.39 is 18.5 Å². The fourth-order valence-electron chi connectivity index (χ4n) is 1.91. The Labute approximate surface area is 135 Å². The molecule has 122 valence electrons. The van der Waals surface area contributed by atoms with E-state index in [0.29, 0.717) is 5.56 Å². The second kappa shape index (κ2) is 9.36. The van der Waals surface area contributed by atoms with Crippen LogP contribution in [0.25, 0.3) is 0 Å². The van der Waals surface area contributed by atoms with Crippen molar-refractivity contribution in [2.45, 2.75) is 33.1 Å². The van der Waals surface area contributed by atoms with E-state index in [1.165, 1.54) is 0 Å². The Balaban J connectivity index is 2.36. The van der Waals surface area contributed by atoms with Crippen LogP contribution in [0.1, 0.15) is 40.7 Å². The second-order valence-corrected chi connectivity index (χ2v) is 5.16. The summed E-state index contributed by atoms with van der Waals surface area (Å²) in [5.41, 5.74) is 2.45. The van der Waals surface area contributed by atoms with Gasteiger partial charge in [-0.3, -0.25) is 14.4 Å². The lowest BCUT2D eigenvalue weighted by Gasteiger charge is -2.07. The van der Waals surface area contributed by atoms with Gasteiger partial charge in [0.05, 0.1) is 18.9 Å². The van der Waals surface area contributed by atoms with E-state index in [9.17, 15) is 14.4 Å². The third-order valence-electron chi connectivity index (χ3n) is 3.17. The maximum absolute atomic E-state index is 12.1. The minimum atomic E-state index is -0.598. The number of aryl methyl sites for hydroxylation is 2. The van der Waals surface area contributed by atoms with Crippen molar-refractivity contribution in [3.05, 3.63) is 34.9 Å². The third-order valence-corrected chi connectivity index (χ3v) is 3.17. The van der Waals surface area contributed by atoms with Gasteiger partial charge in [-0.1, -0.05) is 17.7 Å². The molecule has 1 rings (SSSR count). The van der Waals surface area contributed by atoms with Crippen LogP contribution in [0, 0.1) is 25.2 Å². The van der Waals surface area contributed by atoms with E-state index in [0.717, 1.165) is 11.1 Å². The number of ether oxygens (including phenoxy) is 1. The topological polar surface area (TPSA) is 96.3 Å². The van der Waals surface area contributed by atoms with Gasteiger partial charge in [-0.15, -0.1) is 0 Å². The van der Waals surface area contributed by atoms with E-state index in [2.05, 4.69) is 5.32 Å². The zero-order valence-electron chi connectivity index (χ0n) is 13.3. The van der Waals surface area contributed by atoms with Crippen LogP contribution < -0.4 is 5.32 Å². The first kappa shape index (κ1) is 18.4. The molecule has 0 saturated carbocycles. The molecule has 0 aromatic heterocycles. The molecule has 0 atom stereocenters. The van der Waals surface area contributed by atoms with Crippen LogP contribution in [0.3, 0.4) is 0 Å². The number of carbonyl (C=O) groups is 3. The molecule has 1 aromatic carbocycles. The summed E-state index contributed by atoms with van der Waals surface area (Å²) in [4.78, 5) is 35.0. The summed E-state index contributed by atoms with van der Waals surface area (Å²) in [5.74, 6) is -1.19. The van der Waals surface area contributed by atoms with Crippen LogP contribution in [-0.4, -0.2) is 30.8 Å². The Morgan fingerprint density at radius 3 is 2.65 bits per heavy atom. The van der Waals surface area contributed by atoms with E-state index in [-0.39, 0.29) is 31.6 Å². The summed E-state index contributed by atoms with van der Waals surface area (Å²) in [7, 11) is 0. The normalized spacial score (nSPS) is 9.78. The molecule has 0 heterocycles. The summed E-state index contributed by atoms with van der Waals surface area (Å²) in [6, 6.07) is 7.47. The number of nitrogens with zero attached hydrogens (tertiary/aromatic N) is 1. The quantitative estimate of drug-likeness (QED) is 0.448. The van der Waals surface area contributed by atoms with Gasteiger partial charge in [0.1, 0.15) is 0 Å². The molecule has 0 aliphatic heterocycles. The number of hydrogen-bond donors (Lipinski definition) is 1. The summed E-state index contributed by atoms with van der Waals surface area (Å²) in [6.07, 6.45) is 0.168. The molecule has 0 spiro atoms. The number of nitrogens with one attached hydrogen (secondary N) is 1. The van der Waals surface area contributed by atoms with Crippen LogP contribution in [0.4, 0.5) is 0 Å². The van der Waals surface area contributed by atoms with Crippen molar-refractivity contribution in [1.29, 1.82) is 5.26 Å². The van der Waals surface area contributed by atoms with Gasteiger partial charge >= 0.3 is 5.97 Å². The largest absolute Gasteiger partial charge is 0.456 e. The maximum Gasteiger partial charge on any atom is 0.306 e. The minimum absolute atomic E-state index is 0.0409.